The summed E-state index contributed by atoms with van der Waals surface area (Å²) in [5, 5.41) is 6.73. The van der Waals surface area contributed by atoms with E-state index in [1.807, 2.05) is 0 Å². The Morgan fingerprint density at radius 2 is 2.07 bits per heavy atom. The normalized spacial score (nSPS) is 13.9. The minimum absolute atomic E-state index is 0.0161. The summed E-state index contributed by atoms with van der Waals surface area (Å²) in [6, 6.07) is 3.57. The van der Waals surface area contributed by atoms with Gasteiger partial charge >= 0.3 is 0 Å². The van der Waals surface area contributed by atoms with Crippen LogP contribution in [-0.2, 0) is 4.79 Å². The summed E-state index contributed by atoms with van der Waals surface area (Å²) in [7, 11) is 0. The fourth-order valence-electron chi connectivity index (χ4n) is 2.53. The first-order valence-electron chi connectivity index (χ1n) is 8.31. The highest BCUT2D eigenvalue weighted by Crippen LogP contribution is 2.30. The minimum atomic E-state index is -2.60. The Kier molecular flexibility index (Phi) is 4.56. The summed E-state index contributed by atoms with van der Waals surface area (Å²) >= 11 is 1.08. The number of fused-ring (bicyclic) bond motifs is 1. The zero-order valence-electron chi connectivity index (χ0n) is 14.0. The van der Waals surface area contributed by atoms with Crippen molar-refractivity contribution in [2.75, 3.05) is 11.9 Å². The summed E-state index contributed by atoms with van der Waals surface area (Å²) in [6.07, 6.45) is 2.72. The van der Waals surface area contributed by atoms with E-state index < -0.39 is 18.9 Å². The van der Waals surface area contributed by atoms with Crippen LogP contribution in [0.1, 0.15) is 22.6 Å². The molecule has 0 aromatic carbocycles. The molecule has 140 valence electrons. The van der Waals surface area contributed by atoms with E-state index in [2.05, 4.69) is 20.6 Å². The summed E-state index contributed by atoms with van der Waals surface area (Å²) < 4.78 is 26.1. The molecule has 4 rings (SSSR count). The maximum Gasteiger partial charge on any atom is 0.280 e. The van der Waals surface area contributed by atoms with Gasteiger partial charge in [-0.15, -0.1) is 11.3 Å². The number of hydrogen-bond acceptors (Lipinski definition) is 5. The zero-order chi connectivity index (χ0) is 19.0. The molecule has 1 saturated carbocycles. The first kappa shape index (κ1) is 17.5. The number of alkyl halides is 2. The standard InChI is InChI=1S/C17H15F2N5O2S/c18-12(19)5-20-16(26)17-21-11(8-27-17)10-3-4-14-22-13(7-24(14)6-10)23-15(25)9-1-2-9/h3-4,6-9,12H,1-2,5H2,(H,20,26)(H,23,25). The van der Waals surface area contributed by atoms with Crippen molar-refractivity contribution >= 4 is 34.6 Å². The van der Waals surface area contributed by atoms with Crippen LogP contribution in [0.25, 0.3) is 16.9 Å². The Morgan fingerprint density at radius 3 is 2.81 bits per heavy atom. The number of nitrogens with zero attached hydrogens (tertiary/aromatic N) is 3. The minimum Gasteiger partial charge on any atom is -0.344 e. The predicted molar refractivity (Wildman–Crippen MR) is 96.0 cm³/mol. The third kappa shape index (κ3) is 3.95. The molecule has 27 heavy (non-hydrogen) atoms. The van der Waals surface area contributed by atoms with Gasteiger partial charge in [0.1, 0.15) is 5.65 Å². The maximum atomic E-state index is 12.2. The van der Waals surface area contributed by atoms with Crippen LogP contribution in [0.15, 0.2) is 29.9 Å². The number of anilines is 1. The smallest absolute Gasteiger partial charge is 0.280 e. The molecule has 10 heteroatoms. The van der Waals surface area contributed by atoms with Crippen LogP contribution >= 0.6 is 11.3 Å². The van der Waals surface area contributed by atoms with Crippen LogP contribution in [0.3, 0.4) is 0 Å². The topological polar surface area (TPSA) is 88.4 Å². The van der Waals surface area contributed by atoms with Crippen LogP contribution in [0.4, 0.5) is 14.6 Å². The van der Waals surface area contributed by atoms with Gasteiger partial charge in [0.05, 0.1) is 18.4 Å². The van der Waals surface area contributed by atoms with Gasteiger partial charge in [0.15, 0.2) is 10.8 Å². The Balaban J connectivity index is 1.51. The lowest BCUT2D eigenvalue weighted by Crippen LogP contribution is -2.28. The number of thiazole rings is 1. The molecule has 3 aromatic rings. The molecule has 0 bridgehead atoms. The number of hydrogen-bond donors (Lipinski definition) is 2. The number of halogens is 2. The van der Waals surface area contributed by atoms with E-state index in [0.717, 1.165) is 29.7 Å². The van der Waals surface area contributed by atoms with Gasteiger partial charge in [-0.3, -0.25) is 9.59 Å². The van der Waals surface area contributed by atoms with Crippen molar-refractivity contribution in [3.63, 3.8) is 0 Å². The van der Waals surface area contributed by atoms with Crippen molar-refractivity contribution in [1.82, 2.24) is 19.7 Å². The number of imidazole rings is 1. The Morgan fingerprint density at radius 1 is 1.26 bits per heavy atom. The van der Waals surface area contributed by atoms with Crippen molar-refractivity contribution in [3.05, 3.63) is 34.9 Å². The maximum absolute atomic E-state index is 12.2. The Labute approximate surface area is 156 Å². The summed E-state index contributed by atoms with van der Waals surface area (Å²) in [6.45, 7) is -0.704. The van der Waals surface area contributed by atoms with E-state index >= 15 is 0 Å². The highest BCUT2D eigenvalue weighted by atomic mass is 32.1. The average molecular weight is 391 g/mol. The first-order chi connectivity index (χ1) is 13.0. The Bertz CT molecular complexity index is 1010. The molecule has 3 heterocycles. The lowest BCUT2D eigenvalue weighted by Gasteiger charge is -2.01. The number of rotatable bonds is 6. The first-order valence-corrected chi connectivity index (χ1v) is 9.19. The Hall–Kier alpha value is -2.88. The quantitative estimate of drug-likeness (QED) is 0.676. The van der Waals surface area contributed by atoms with Crippen molar-refractivity contribution < 1.29 is 18.4 Å². The van der Waals surface area contributed by atoms with Gasteiger partial charge < -0.3 is 15.0 Å². The lowest BCUT2D eigenvalue weighted by molar-refractivity contribution is -0.117. The molecule has 1 aliphatic carbocycles. The molecule has 0 unspecified atom stereocenters. The molecule has 1 aliphatic rings. The van der Waals surface area contributed by atoms with Gasteiger partial charge in [-0.05, 0) is 25.0 Å². The monoisotopic (exact) mass is 391 g/mol. The van der Waals surface area contributed by atoms with Crippen molar-refractivity contribution in [1.29, 1.82) is 0 Å². The van der Waals surface area contributed by atoms with Crippen molar-refractivity contribution in [2.24, 2.45) is 5.92 Å². The highest BCUT2D eigenvalue weighted by Gasteiger charge is 2.30. The molecule has 7 nitrogen and oxygen atoms in total. The molecular weight excluding hydrogens is 376 g/mol. The molecule has 0 atom stereocenters. The summed E-state index contributed by atoms with van der Waals surface area (Å²) in [5.74, 6) is -0.0673. The second-order valence-corrected chi connectivity index (χ2v) is 7.07. The van der Waals surface area contributed by atoms with Crippen LogP contribution in [0.5, 0.6) is 0 Å². The number of carbonyl (C=O) groups excluding carboxylic acids is 2. The van der Waals surface area contributed by atoms with Crippen LogP contribution < -0.4 is 10.6 Å². The molecule has 0 radical (unpaired) electrons. The van der Waals surface area contributed by atoms with E-state index in [0.29, 0.717) is 17.2 Å². The summed E-state index contributed by atoms with van der Waals surface area (Å²) in [5.41, 5.74) is 1.96. The lowest BCUT2D eigenvalue weighted by atomic mass is 10.2. The molecule has 2 amide bonds. The third-order valence-electron chi connectivity index (χ3n) is 4.06. The van der Waals surface area contributed by atoms with Gasteiger partial charge in [0.25, 0.3) is 12.3 Å². The summed E-state index contributed by atoms with van der Waals surface area (Å²) in [4.78, 5) is 32.2. The second-order valence-electron chi connectivity index (χ2n) is 6.21. The van der Waals surface area contributed by atoms with E-state index in [-0.39, 0.29) is 16.8 Å². The van der Waals surface area contributed by atoms with Gasteiger partial charge in [-0.25, -0.2) is 18.7 Å². The molecular formula is C17H15F2N5O2S. The van der Waals surface area contributed by atoms with Crippen LogP contribution in [-0.4, -0.2) is 39.2 Å². The highest BCUT2D eigenvalue weighted by molar-refractivity contribution is 7.12. The largest absolute Gasteiger partial charge is 0.344 e. The molecule has 2 N–H and O–H groups in total. The second kappa shape index (κ2) is 7.03. The number of aromatic nitrogens is 3. The molecule has 3 aromatic heterocycles. The number of amides is 2. The average Bonchev–Trinajstić information content (AvgIpc) is 3.24. The van der Waals surface area contributed by atoms with Crippen LogP contribution in [0.2, 0.25) is 0 Å². The predicted octanol–water partition coefficient (Wildman–Crippen LogP) is 2.80. The molecule has 0 aliphatic heterocycles. The van der Waals surface area contributed by atoms with E-state index in [9.17, 15) is 18.4 Å². The van der Waals surface area contributed by atoms with Gasteiger partial charge in [0, 0.05) is 23.1 Å². The fourth-order valence-corrected chi connectivity index (χ4v) is 3.28. The molecule has 0 spiro atoms. The van der Waals surface area contributed by atoms with Crippen LogP contribution in [0, 0.1) is 5.92 Å². The van der Waals surface area contributed by atoms with Gasteiger partial charge in [-0.2, -0.15) is 0 Å². The van der Waals surface area contributed by atoms with Gasteiger partial charge in [-0.1, -0.05) is 0 Å². The number of carbonyl (C=O) groups is 2. The number of pyridine rings is 1. The third-order valence-corrected chi connectivity index (χ3v) is 4.90. The van der Waals surface area contributed by atoms with E-state index in [4.69, 9.17) is 0 Å². The van der Waals surface area contributed by atoms with E-state index in [1.165, 1.54) is 0 Å². The number of nitrogens with one attached hydrogen (secondary N) is 2. The fraction of sp³-hybridized carbons (Fsp3) is 0.294. The van der Waals surface area contributed by atoms with E-state index in [1.54, 1.807) is 34.3 Å². The zero-order valence-corrected chi connectivity index (χ0v) is 14.8. The molecule has 0 saturated heterocycles. The SMILES string of the molecule is O=C(NCC(F)F)c1nc(-c2ccc3nc(NC(=O)C4CC4)cn3c2)cs1. The molecule has 1 fully saturated rings. The van der Waals surface area contributed by atoms with Gasteiger partial charge in [0.2, 0.25) is 5.91 Å². The van der Waals surface area contributed by atoms with Crippen molar-refractivity contribution in [3.8, 4) is 11.3 Å². The van der Waals surface area contributed by atoms with Crippen molar-refractivity contribution in [2.45, 2.75) is 19.3 Å².